The maximum absolute atomic E-state index is 11.8. The van der Waals surface area contributed by atoms with E-state index in [1.165, 1.54) is 6.08 Å². The summed E-state index contributed by atoms with van der Waals surface area (Å²) in [5, 5.41) is 9.45. The van der Waals surface area contributed by atoms with Crippen LogP contribution in [0.15, 0.2) is 30.9 Å². The van der Waals surface area contributed by atoms with Gasteiger partial charge < -0.3 is 9.64 Å². The highest BCUT2D eigenvalue weighted by molar-refractivity contribution is 6.30. The van der Waals surface area contributed by atoms with Crippen LogP contribution in [0.3, 0.4) is 0 Å². The van der Waals surface area contributed by atoms with Gasteiger partial charge in [0, 0.05) is 11.6 Å². The summed E-state index contributed by atoms with van der Waals surface area (Å²) < 4.78 is 5.42. The standard InChI is InChI=1S/C14H13ClN2O2/c1-2-14(18)17-3-4-19-9-13(17)11-5-10(8-16)6-12(15)7-11/h2,5-7,13H,1,3-4,9H2. The van der Waals surface area contributed by atoms with Gasteiger partial charge >= 0.3 is 0 Å². The smallest absolute Gasteiger partial charge is 0.246 e. The van der Waals surface area contributed by atoms with Gasteiger partial charge in [0.05, 0.1) is 30.9 Å². The van der Waals surface area contributed by atoms with Gasteiger partial charge in [-0.15, -0.1) is 0 Å². The van der Waals surface area contributed by atoms with Gasteiger partial charge in [0.25, 0.3) is 0 Å². The quantitative estimate of drug-likeness (QED) is 0.779. The summed E-state index contributed by atoms with van der Waals surface area (Å²) in [4.78, 5) is 13.5. The third-order valence-electron chi connectivity index (χ3n) is 3.02. The molecule has 0 saturated carbocycles. The fourth-order valence-electron chi connectivity index (χ4n) is 2.13. The number of rotatable bonds is 2. The fourth-order valence-corrected chi connectivity index (χ4v) is 2.37. The summed E-state index contributed by atoms with van der Waals surface area (Å²) in [6.45, 7) is 4.90. The summed E-state index contributed by atoms with van der Waals surface area (Å²) >= 11 is 5.99. The number of hydrogen-bond donors (Lipinski definition) is 0. The van der Waals surface area contributed by atoms with E-state index in [9.17, 15) is 4.79 Å². The van der Waals surface area contributed by atoms with E-state index < -0.39 is 0 Å². The number of ether oxygens (including phenoxy) is 1. The molecule has 1 aromatic rings. The Hall–Kier alpha value is -1.83. The van der Waals surface area contributed by atoms with Crippen LogP contribution in [0.2, 0.25) is 5.02 Å². The Morgan fingerprint density at radius 1 is 1.58 bits per heavy atom. The van der Waals surface area contributed by atoms with Crippen molar-refractivity contribution in [1.29, 1.82) is 5.26 Å². The van der Waals surface area contributed by atoms with Gasteiger partial charge in [-0.25, -0.2) is 0 Å². The Morgan fingerprint density at radius 2 is 2.37 bits per heavy atom. The molecular weight excluding hydrogens is 264 g/mol. The average Bonchev–Trinajstić information content (AvgIpc) is 2.45. The molecule has 1 saturated heterocycles. The van der Waals surface area contributed by atoms with Crippen LogP contribution >= 0.6 is 11.6 Å². The Bertz CT molecular complexity index is 551. The fraction of sp³-hybridized carbons (Fsp3) is 0.286. The minimum absolute atomic E-state index is 0.146. The molecule has 1 aliphatic heterocycles. The molecule has 5 heteroatoms. The summed E-state index contributed by atoms with van der Waals surface area (Å²) in [5.41, 5.74) is 1.28. The van der Waals surface area contributed by atoms with E-state index >= 15 is 0 Å². The summed E-state index contributed by atoms with van der Waals surface area (Å²) in [6, 6.07) is 6.90. The number of benzene rings is 1. The molecule has 0 bridgehead atoms. The zero-order valence-corrected chi connectivity index (χ0v) is 11.1. The topological polar surface area (TPSA) is 53.3 Å². The molecule has 19 heavy (non-hydrogen) atoms. The van der Waals surface area contributed by atoms with Crippen LogP contribution in [0.25, 0.3) is 0 Å². The molecule has 0 aliphatic carbocycles. The number of nitrogens with zero attached hydrogens (tertiary/aromatic N) is 2. The lowest BCUT2D eigenvalue weighted by Gasteiger charge is -2.35. The van der Waals surface area contributed by atoms with Gasteiger partial charge in [0.2, 0.25) is 5.91 Å². The van der Waals surface area contributed by atoms with E-state index in [1.807, 2.05) is 0 Å². The van der Waals surface area contributed by atoms with Crippen LogP contribution in [-0.4, -0.2) is 30.6 Å². The highest BCUT2D eigenvalue weighted by Crippen LogP contribution is 2.27. The molecule has 1 aromatic carbocycles. The van der Waals surface area contributed by atoms with Crippen LogP contribution in [-0.2, 0) is 9.53 Å². The van der Waals surface area contributed by atoms with Crippen molar-refractivity contribution in [1.82, 2.24) is 4.90 Å². The molecule has 1 heterocycles. The minimum Gasteiger partial charge on any atom is -0.377 e. The zero-order valence-electron chi connectivity index (χ0n) is 10.3. The maximum atomic E-state index is 11.8. The van der Waals surface area contributed by atoms with E-state index in [0.717, 1.165) is 5.56 Å². The van der Waals surface area contributed by atoms with Gasteiger partial charge in [-0.05, 0) is 29.8 Å². The molecule has 98 valence electrons. The second-order valence-electron chi connectivity index (χ2n) is 4.21. The molecule has 0 spiro atoms. The summed E-state index contributed by atoms with van der Waals surface area (Å²) in [6.07, 6.45) is 1.29. The van der Waals surface area contributed by atoms with E-state index in [0.29, 0.717) is 30.3 Å². The summed E-state index contributed by atoms with van der Waals surface area (Å²) in [5.74, 6) is -0.146. The first-order valence-corrected chi connectivity index (χ1v) is 6.25. The van der Waals surface area contributed by atoms with Crippen molar-refractivity contribution < 1.29 is 9.53 Å². The molecule has 0 N–H and O–H groups in total. The molecule has 1 amide bonds. The normalized spacial score (nSPS) is 18.7. The monoisotopic (exact) mass is 276 g/mol. The van der Waals surface area contributed by atoms with Crippen LogP contribution in [0.4, 0.5) is 0 Å². The van der Waals surface area contributed by atoms with Crippen molar-refractivity contribution in [2.24, 2.45) is 0 Å². The number of halogens is 1. The predicted molar refractivity (Wildman–Crippen MR) is 71.6 cm³/mol. The average molecular weight is 277 g/mol. The van der Waals surface area contributed by atoms with E-state index in [4.69, 9.17) is 21.6 Å². The maximum Gasteiger partial charge on any atom is 0.246 e. The van der Waals surface area contributed by atoms with Crippen molar-refractivity contribution in [2.45, 2.75) is 6.04 Å². The lowest BCUT2D eigenvalue weighted by atomic mass is 10.0. The molecule has 1 atom stereocenters. The molecule has 2 rings (SSSR count). The highest BCUT2D eigenvalue weighted by atomic mass is 35.5. The highest BCUT2D eigenvalue weighted by Gasteiger charge is 2.27. The van der Waals surface area contributed by atoms with Gasteiger partial charge in [-0.1, -0.05) is 18.2 Å². The molecule has 0 radical (unpaired) electrons. The van der Waals surface area contributed by atoms with Crippen LogP contribution in [0.1, 0.15) is 17.2 Å². The third kappa shape index (κ3) is 2.95. The van der Waals surface area contributed by atoms with Gasteiger partial charge in [0.15, 0.2) is 0 Å². The Balaban J connectivity index is 2.37. The predicted octanol–water partition coefficient (Wildman–Crippen LogP) is 2.30. The lowest BCUT2D eigenvalue weighted by molar-refractivity contribution is -0.134. The second kappa shape index (κ2) is 5.87. The lowest BCUT2D eigenvalue weighted by Crippen LogP contribution is -2.42. The number of nitriles is 1. The van der Waals surface area contributed by atoms with Crippen molar-refractivity contribution >= 4 is 17.5 Å². The largest absolute Gasteiger partial charge is 0.377 e. The number of amides is 1. The first kappa shape index (κ1) is 13.6. The molecule has 1 fully saturated rings. The van der Waals surface area contributed by atoms with Crippen molar-refractivity contribution in [3.8, 4) is 6.07 Å². The molecule has 1 unspecified atom stereocenters. The molecular formula is C14H13ClN2O2. The SMILES string of the molecule is C=CC(=O)N1CCOCC1c1cc(Cl)cc(C#N)c1. The zero-order chi connectivity index (χ0) is 13.8. The van der Waals surface area contributed by atoms with Crippen LogP contribution in [0, 0.1) is 11.3 Å². The number of hydrogen-bond acceptors (Lipinski definition) is 3. The van der Waals surface area contributed by atoms with E-state index in [1.54, 1.807) is 23.1 Å². The van der Waals surface area contributed by atoms with Gasteiger partial charge in [0.1, 0.15) is 0 Å². The molecule has 1 aliphatic rings. The van der Waals surface area contributed by atoms with Crippen molar-refractivity contribution in [2.75, 3.05) is 19.8 Å². The van der Waals surface area contributed by atoms with E-state index in [2.05, 4.69) is 12.6 Å². The Morgan fingerprint density at radius 3 is 3.05 bits per heavy atom. The first-order chi connectivity index (χ1) is 9.15. The van der Waals surface area contributed by atoms with Crippen LogP contribution in [0.5, 0.6) is 0 Å². The van der Waals surface area contributed by atoms with Crippen molar-refractivity contribution in [3.63, 3.8) is 0 Å². The first-order valence-electron chi connectivity index (χ1n) is 5.87. The minimum atomic E-state index is -0.231. The molecule has 0 aromatic heterocycles. The van der Waals surface area contributed by atoms with Crippen molar-refractivity contribution in [3.05, 3.63) is 47.0 Å². The third-order valence-corrected chi connectivity index (χ3v) is 3.24. The van der Waals surface area contributed by atoms with E-state index in [-0.39, 0.29) is 11.9 Å². The number of morpholine rings is 1. The Labute approximate surface area is 116 Å². The Kier molecular flexibility index (Phi) is 4.20. The summed E-state index contributed by atoms with van der Waals surface area (Å²) in [7, 11) is 0. The number of carbonyl (C=O) groups excluding carboxylic acids is 1. The second-order valence-corrected chi connectivity index (χ2v) is 4.65. The van der Waals surface area contributed by atoms with Crippen LogP contribution < -0.4 is 0 Å². The van der Waals surface area contributed by atoms with Gasteiger partial charge in [-0.2, -0.15) is 5.26 Å². The number of carbonyl (C=O) groups is 1. The van der Waals surface area contributed by atoms with Gasteiger partial charge in [-0.3, -0.25) is 4.79 Å². The molecule has 4 nitrogen and oxygen atoms in total.